The zero-order valence-electron chi connectivity index (χ0n) is 23.2. The average Bonchev–Trinajstić information content (AvgIpc) is 3.16. The summed E-state index contributed by atoms with van der Waals surface area (Å²) >= 11 is 0. The van der Waals surface area contributed by atoms with Crippen molar-refractivity contribution in [3.8, 4) is 5.75 Å². The molecule has 2 heterocycles. The van der Waals surface area contributed by atoms with Crippen molar-refractivity contribution in [3.05, 3.63) is 64.9 Å². The second-order valence-electron chi connectivity index (χ2n) is 10.3. The first kappa shape index (κ1) is 19.2. The van der Waals surface area contributed by atoms with E-state index in [2.05, 4.69) is 68.7 Å². The lowest BCUT2D eigenvalue weighted by molar-refractivity contribution is 0.00567. The van der Waals surface area contributed by atoms with Crippen LogP contribution in [0.15, 0.2) is 46.9 Å². The van der Waals surface area contributed by atoms with E-state index in [1.807, 2.05) is 19.1 Å². The Hall–Kier alpha value is -2.30. The molecule has 1 aliphatic rings. The van der Waals surface area contributed by atoms with Gasteiger partial charge in [0.15, 0.2) is 11.3 Å². The van der Waals surface area contributed by atoms with Crippen LogP contribution >= 0.6 is 0 Å². The summed E-state index contributed by atoms with van der Waals surface area (Å²) in [5, 5.41) is 0.918. The Balaban J connectivity index is 1.66. The van der Waals surface area contributed by atoms with Gasteiger partial charge in [0.2, 0.25) is 0 Å². The van der Waals surface area contributed by atoms with Crippen molar-refractivity contribution in [1.29, 1.82) is 0 Å². The summed E-state index contributed by atoms with van der Waals surface area (Å²) in [6, 6.07) is 14.8. The van der Waals surface area contributed by atoms with Gasteiger partial charge in [0.25, 0.3) is 0 Å². The number of fused-ring (bicyclic) bond motifs is 1. The summed E-state index contributed by atoms with van der Waals surface area (Å²) in [5.74, 6) is 1.46. The van der Waals surface area contributed by atoms with Crippen LogP contribution < -0.4 is 4.74 Å². The fourth-order valence-electron chi connectivity index (χ4n) is 5.13. The van der Waals surface area contributed by atoms with Gasteiger partial charge in [-0.15, -0.1) is 0 Å². The number of nitrogens with zero attached hydrogens (tertiary/aromatic N) is 2. The summed E-state index contributed by atoms with van der Waals surface area (Å²) in [5.41, 5.74) is 4.51. The molecule has 172 valence electrons. The second kappa shape index (κ2) is 8.92. The van der Waals surface area contributed by atoms with Crippen molar-refractivity contribution in [3.63, 3.8) is 0 Å². The predicted octanol–water partition coefficient (Wildman–Crippen LogP) is 6.53. The Morgan fingerprint density at radius 2 is 1.94 bits per heavy atom. The van der Waals surface area contributed by atoms with Crippen LogP contribution in [0.1, 0.15) is 73.1 Å². The fraction of sp³-hybridized carbons (Fsp3) is 0.500. The van der Waals surface area contributed by atoms with Crippen LogP contribution in [-0.2, 0) is 6.54 Å². The van der Waals surface area contributed by atoms with Crippen molar-refractivity contribution in [2.24, 2.45) is 0 Å². The maximum atomic E-state index is 7.49. The smallest absolute Gasteiger partial charge is 0.176 e. The minimum atomic E-state index is -2.52. The quantitative estimate of drug-likeness (QED) is 0.454. The van der Waals surface area contributed by atoms with Crippen molar-refractivity contribution >= 4 is 11.0 Å². The Kier molecular flexibility index (Phi) is 5.35. The molecule has 0 spiro atoms. The van der Waals surface area contributed by atoms with Crippen LogP contribution in [0.4, 0.5) is 0 Å². The van der Waals surface area contributed by atoms with E-state index in [-0.39, 0.29) is 11.3 Å². The molecular weight excluding hydrogens is 396 g/mol. The lowest BCUT2D eigenvalue weighted by Gasteiger charge is -2.49. The van der Waals surface area contributed by atoms with Crippen molar-refractivity contribution in [1.82, 2.24) is 9.80 Å². The highest BCUT2D eigenvalue weighted by Crippen LogP contribution is 2.37. The van der Waals surface area contributed by atoms with Crippen molar-refractivity contribution in [2.45, 2.75) is 65.6 Å². The molecule has 0 amide bonds. The molecule has 0 saturated carbocycles. The number of furan rings is 1. The van der Waals surface area contributed by atoms with E-state index in [4.69, 9.17) is 13.3 Å². The third kappa shape index (κ3) is 4.44. The standard InChI is InChI=1S/C28H38N2O2/c1-19(2)22-10-8-9-11-23(22)25-18-29(14-15-30(25)28(4,5)6)17-21-12-13-26(31-7)27-24(21)16-20(3)32-27/h8-13,16,19,25H,14-15,17-18H2,1-7H3/i7D3. The van der Waals surface area contributed by atoms with Crippen molar-refractivity contribution in [2.75, 3.05) is 26.7 Å². The molecule has 1 fully saturated rings. The molecule has 0 bridgehead atoms. The van der Waals surface area contributed by atoms with Crippen LogP contribution in [0, 0.1) is 6.92 Å². The number of aryl methyl sites for hydroxylation is 1. The van der Waals surface area contributed by atoms with E-state index >= 15 is 0 Å². The molecule has 0 N–H and O–H groups in total. The maximum Gasteiger partial charge on any atom is 0.176 e. The molecule has 4 heteroatoms. The highest BCUT2D eigenvalue weighted by Gasteiger charge is 2.36. The fourth-order valence-corrected chi connectivity index (χ4v) is 5.13. The normalized spacial score (nSPS) is 20.3. The van der Waals surface area contributed by atoms with E-state index in [1.54, 1.807) is 6.07 Å². The molecule has 1 saturated heterocycles. The highest BCUT2D eigenvalue weighted by atomic mass is 16.5. The molecule has 1 aliphatic heterocycles. The number of piperazine rings is 1. The van der Waals surface area contributed by atoms with Gasteiger partial charge in [-0.1, -0.05) is 44.2 Å². The second-order valence-corrected chi connectivity index (χ2v) is 10.3. The van der Waals surface area contributed by atoms with Crippen LogP contribution in [0.3, 0.4) is 0 Å². The average molecular weight is 438 g/mol. The van der Waals surface area contributed by atoms with E-state index in [9.17, 15) is 0 Å². The Morgan fingerprint density at radius 1 is 1.16 bits per heavy atom. The number of hydrogen-bond donors (Lipinski definition) is 0. The maximum absolute atomic E-state index is 7.49. The van der Waals surface area contributed by atoms with Crippen molar-refractivity contribution < 1.29 is 13.3 Å². The van der Waals surface area contributed by atoms with Gasteiger partial charge in [-0.25, -0.2) is 0 Å². The van der Waals surface area contributed by atoms with Gasteiger partial charge in [-0.3, -0.25) is 9.80 Å². The molecule has 0 radical (unpaired) electrons. The summed E-state index contributed by atoms with van der Waals surface area (Å²) < 4.78 is 33.6. The van der Waals surface area contributed by atoms with Crippen LogP contribution in [0.5, 0.6) is 5.75 Å². The lowest BCUT2D eigenvalue weighted by Crippen LogP contribution is -2.55. The Bertz CT molecular complexity index is 1180. The zero-order chi connectivity index (χ0) is 25.5. The van der Waals surface area contributed by atoms with Gasteiger partial charge in [0, 0.05) is 43.1 Å². The number of hydrogen-bond acceptors (Lipinski definition) is 4. The minimum absolute atomic E-state index is 0.0596. The third-order valence-electron chi connectivity index (χ3n) is 6.67. The number of benzene rings is 2. The summed E-state index contributed by atoms with van der Waals surface area (Å²) in [4.78, 5) is 5.14. The van der Waals surface area contributed by atoms with Gasteiger partial charge in [0.1, 0.15) is 5.76 Å². The van der Waals surface area contributed by atoms with E-state index in [0.717, 1.165) is 42.9 Å². The highest BCUT2D eigenvalue weighted by molar-refractivity contribution is 5.87. The van der Waals surface area contributed by atoms with E-state index in [0.29, 0.717) is 17.5 Å². The van der Waals surface area contributed by atoms with E-state index < -0.39 is 7.04 Å². The van der Waals surface area contributed by atoms with Gasteiger partial charge >= 0.3 is 0 Å². The molecule has 32 heavy (non-hydrogen) atoms. The molecule has 3 aromatic rings. The molecule has 0 aliphatic carbocycles. The number of rotatable bonds is 5. The first-order valence-electron chi connectivity index (χ1n) is 13.1. The first-order chi connectivity index (χ1) is 16.3. The Morgan fingerprint density at radius 3 is 2.66 bits per heavy atom. The molecule has 1 aromatic heterocycles. The van der Waals surface area contributed by atoms with Gasteiger partial charge in [0.05, 0.1) is 11.2 Å². The largest absolute Gasteiger partial charge is 0.493 e. The van der Waals surface area contributed by atoms with Crippen LogP contribution in [0.25, 0.3) is 11.0 Å². The predicted molar refractivity (Wildman–Crippen MR) is 133 cm³/mol. The SMILES string of the molecule is [2H]C([2H])([2H])Oc1ccc(CN2CCN(C(C)(C)C)C(c3ccccc3C(C)C)C2)c2cc(C)oc12. The minimum Gasteiger partial charge on any atom is -0.493 e. The van der Waals surface area contributed by atoms with Gasteiger partial charge < -0.3 is 9.15 Å². The van der Waals surface area contributed by atoms with E-state index in [1.165, 1.54) is 11.1 Å². The lowest BCUT2D eigenvalue weighted by atomic mass is 9.88. The van der Waals surface area contributed by atoms with Gasteiger partial charge in [-0.2, -0.15) is 0 Å². The molecular formula is C28H38N2O2. The monoisotopic (exact) mass is 437 g/mol. The van der Waals surface area contributed by atoms with Crippen LogP contribution in [-0.4, -0.2) is 42.0 Å². The van der Waals surface area contributed by atoms with Gasteiger partial charge in [-0.05, 0) is 62.4 Å². The summed E-state index contributed by atoms with van der Waals surface area (Å²) in [7, 11) is -2.52. The molecule has 1 unspecified atom stereocenters. The molecule has 2 aromatic carbocycles. The third-order valence-corrected chi connectivity index (χ3v) is 6.67. The zero-order valence-corrected chi connectivity index (χ0v) is 20.2. The molecule has 4 rings (SSSR count). The Labute approximate surface area is 197 Å². The summed E-state index contributed by atoms with van der Waals surface area (Å²) in [6.07, 6.45) is 0. The topological polar surface area (TPSA) is 28.9 Å². The van der Waals surface area contributed by atoms with Crippen LogP contribution in [0.2, 0.25) is 0 Å². The molecule has 1 atom stereocenters. The number of ether oxygens (including phenoxy) is 1. The summed E-state index contributed by atoms with van der Waals surface area (Å²) in [6.45, 7) is 16.9. The molecule has 4 nitrogen and oxygen atoms in total. The number of methoxy groups -OCH3 is 1. The first-order valence-corrected chi connectivity index (χ1v) is 11.6.